The van der Waals surface area contributed by atoms with E-state index in [9.17, 15) is 23.6 Å². The molecule has 0 aromatic heterocycles. The van der Waals surface area contributed by atoms with E-state index in [1.165, 1.54) is 40.7 Å². The fourth-order valence-corrected chi connectivity index (χ4v) is 5.03. The Morgan fingerprint density at radius 3 is 2.23 bits per heavy atom. The number of aromatic hydroxyl groups is 1. The van der Waals surface area contributed by atoms with Crippen LogP contribution in [0.4, 0.5) is 5.69 Å². The molecule has 30 heavy (non-hydrogen) atoms. The van der Waals surface area contributed by atoms with Gasteiger partial charge in [-0.25, -0.2) is 8.42 Å². The number of nitrogens with zero attached hydrogens (tertiary/aromatic N) is 2. The smallest absolute Gasteiger partial charge is 0.269 e. The Morgan fingerprint density at radius 1 is 1.13 bits per heavy atom. The average Bonchev–Trinajstić information content (AvgIpc) is 2.70. The molecule has 8 nitrogen and oxygen atoms in total. The second-order valence-electron chi connectivity index (χ2n) is 7.47. The van der Waals surface area contributed by atoms with Crippen LogP contribution in [0.25, 0.3) is 0 Å². The van der Waals surface area contributed by atoms with E-state index in [1.807, 2.05) is 13.8 Å². The van der Waals surface area contributed by atoms with Crippen molar-refractivity contribution in [2.75, 3.05) is 13.1 Å². The Balaban J connectivity index is 2.11. The first-order valence-electron chi connectivity index (χ1n) is 9.52. The second-order valence-corrected chi connectivity index (χ2v) is 9.87. The summed E-state index contributed by atoms with van der Waals surface area (Å²) in [5, 5.41) is 20.2. The molecule has 0 heterocycles. The van der Waals surface area contributed by atoms with Crippen LogP contribution >= 0.6 is 16.1 Å². The van der Waals surface area contributed by atoms with Gasteiger partial charge < -0.3 is 5.11 Å². The maximum Gasteiger partial charge on any atom is 0.269 e. The van der Waals surface area contributed by atoms with Crippen molar-refractivity contribution in [2.45, 2.75) is 37.6 Å². The number of hydrogen-bond acceptors (Lipinski definition) is 6. The molecule has 10 heteroatoms. The standard InChI is InChI=1S/C20H26BrN3O5S/c1-15(2)14-23(30(28,29)20-9-7-19(25)8-10-20)12-11-17(22-21)13-16-3-5-18(6-4-16)24(26)27/h3-10,15,17,22,25H,11-14H2,1-2H3/t17-/m1/s1. The van der Waals surface area contributed by atoms with E-state index in [0.29, 0.717) is 25.9 Å². The number of phenolic OH excluding ortho intramolecular Hbond substituents is 1. The maximum absolute atomic E-state index is 13.1. The first-order valence-corrected chi connectivity index (χ1v) is 11.8. The number of phenols is 1. The van der Waals surface area contributed by atoms with E-state index < -0.39 is 14.9 Å². The summed E-state index contributed by atoms with van der Waals surface area (Å²) in [7, 11) is -3.70. The molecule has 0 unspecified atom stereocenters. The normalized spacial score (nSPS) is 13.0. The summed E-state index contributed by atoms with van der Waals surface area (Å²) in [6, 6.07) is 11.8. The van der Waals surface area contributed by atoms with Crippen LogP contribution < -0.4 is 4.34 Å². The van der Waals surface area contributed by atoms with E-state index in [1.54, 1.807) is 12.1 Å². The minimum Gasteiger partial charge on any atom is -0.508 e. The number of nitrogens with one attached hydrogen (secondary N) is 1. The van der Waals surface area contributed by atoms with Gasteiger partial charge in [-0.1, -0.05) is 26.0 Å². The molecule has 2 aromatic rings. The zero-order valence-electron chi connectivity index (χ0n) is 16.9. The van der Waals surface area contributed by atoms with Gasteiger partial charge in [0.15, 0.2) is 0 Å². The number of rotatable bonds is 11. The molecule has 0 fully saturated rings. The zero-order chi connectivity index (χ0) is 22.3. The molecule has 1 atom stereocenters. The molecule has 0 aliphatic heterocycles. The van der Waals surface area contributed by atoms with Crippen LogP contribution in [-0.2, 0) is 16.4 Å². The molecule has 0 amide bonds. The number of halogens is 1. The highest BCUT2D eigenvalue weighted by molar-refractivity contribution is 9.08. The van der Waals surface area contributed by atoms with Gasteiger partial charge in [-0.05, 0) is 48.6 Å². The molecular weight excluding hydrogens is 474 g/mol. The minimum atomic E-state index is -3.70. The molecule has 2 rings (SSSR count). The largest absolute Gasteiger partial charge is 0.508 e. The number of hydrogen-bond donors (Lipinski definition) is 2. The Labute approximate surface area is 185 Å². The number of sulfonamides is 1. The van der Waals surface area contributed by atoms with Gasteiger partial charge in [0.1, 0.15) is 5.75 Å². The highest BCUT2D eigenvalue weighted by Gasteiger charge is 2.26. The predicted molar refractivity (Wildman–Crippen MR) is 119 cm³/mol. The van der Waals surface area contributed by atoms with E-state index in [4.69, 9.17) is 0 Å². The van der Waals surface area contributed by atoms with Gasteiger partial charge in [0.25, 0.3) is 5.69 Å². The quantitative estimate of drug-likeness (QED) is 0.275. The first-order chi connectivity index (χ1) is 14.1. The van der Waals surface area contributed by atoms with E-state index in [0.717, 1.165) is 5.56 Å². The third kappa shape index (κ3) is 6.76. The highest BCUT2D eigenvalue weighted by Crippen LogP contribution is 2.21. The molecule has 0 radical (unpaired) electrons. The van der Waals surface area contributed by atoms with Crippen LogP contribution in [0.2, 0.25) is 0 Å². The molecule has 2 aromatic carbocycles. The van der Waals surface area contributed by atoms with E-state index in [2.05, 4.69) is 20.5 Å². The Bertz CT molecular complexity index is 934. The van der Waals surface area contributed by atoms with Gasteiger partial charge >= 0.3 is 0 Å². The number of nitro benzene ring substituents is 1. The third-order valence-corrected chi connectivity index (χ3v) is 7.08. The summed E-state index contributed by atoms with van der Waals surface area (Å²) >= 11 is 3.26. The molecule has 2 N–H and O–H groups in total. The lowest BCUT2D eigenvalue weighted by Crippen LogP contribution is -2.38. The fourth-order valence-electron chi connectivity index (χ4n) is 3.02. The van der Waals surface area contributed by atoms with Crippen molar-refractivity contribution in [1.29, 1.82) is 0 Å². The Hall–Kier alpha value is -2.01. The summed E-state index contributed by atoms with van der Waals surface area (Å²) in [4.78, 5) is 10.5. The summed E-state index contributed by atoms with van der Waals surface area (Å²) < 4.78 is 30.7. The van der Waals surface area contributed by atoms with Gasteiger partial charge in [-0.3, -0.25) is 14.5 Å². The van der Waals surface area contributed by atoms with Crippen molar-refractivity contribution in [2.24, 2.45) is 5.92 Å². The van der Waals surface area contributed by atoms with E-state index >= 15 is 0 Å². The first kappa shape index (κ1) is 24.3. The van der Waals surface area contributed by atoms with Crippen LogP contribution in [0.3, 0.4) is 0 Å². The van der Waals surface area contributed by atoms with Crippen molar-refractivity contribution >= 4 is 31.9 Å². The van der Waals surface area contributed by atoms with Crippen LogP contribution in [0.5, 0.6) is 5.75 Å². The summed E-state index contributed by atoms with van der Waals surface area (Å²) in [6.45, 7) is 4.58. The predicted octanol–water partition coefficient (Wildman–Crippen LogP) is 3.85. The van der Waals surface area contributed by atoms with Crippen molar-refractivity contribution in [3.63, 3.8) is 0 Å². The van der Waals surface area contributed by atoms with Crippen molar-refractivity contribution in [3.8, 4) is 5.75 Å². The van der Waals surface area contributed by atoms with Gasteiger partial charge in [0.2, 0.25) is 10.0 Å². The van der Waals surface area contributed by atoms with Gasteiger partial charge in [0, 0.05) is 47.4 Å². The lowest BCUT2D eigenvalue weighted by atomic mass is 10.0. The molecule has 0 spiro atoms. The Morgan fingerprint density at radius 2 is 1.73 bits per heavy atom. The minimum absolute atomic E-state index is 0.0102. The highest BCUT2D eigenvalue weighted by atomic mass is 79.9. The number of benzene rings is 2. The maximum atomic E-state index is 13.1. The van der Waals surface area contributed by atoms with E-state index in [-0.39, 0.29) is 28.3 Å². The lowest BCUT2D eigenvalue weighted by Gasteiger charge is -2.26. The SMILES string of the molecule is CC(C)CN(CC[C@H](Cc1ccc([N+](=O)[O-])cc1)NBr)S(=O)(=O)c1ccc(O)cc1. The second kappa shape index (κ2) is 10.9. The van der Waals surface area contributed by atoms with Gasteiger partial charge in [0.05, 0.1) is 9.82 Å². The summed E-state index contributed by atoms with van der Waals surface area (Å²) in [6.07, 6.45) is 1.12. The molecule has 0 saturated heterocycles. The van der Waals surface area contributed by atoms with Crippen LogP contribution in [0.15, 0.2) is 53.4 Å². The van der Waals surface area contributed by atoms with Crippen molar-refractivity contribution < 1.29 is 18.4 Å². The molecule has 0 saturated carbocycles. The van der Waals surface area contributed by atoms with Gasteiger partial charge in [-0.2, -0.15) is 4.31 Å². The van der Waals surface area contributed by atoms with Crippen LogP contribution in [-0.4, -0.2) is 41.9 Å². The van der Waals surface area contributed by atoms with Crippen LogP contribution in [0, 0.1) is 16.0 Å². The summed E-state index contributed by atoms with van der Waals surface area (Å²) in [5.41, 5.74) is 0.944. The zero-order valence-corrected chi connectivity index (χ0v) is 19.3. The molecular formula is C20H26BrN3O5S. The molecule has 0 aliphatic rings. The van der Waals surface area contributed by atoms with Crippen molar-refractivity contribution in [3.05, 3.63) is 64.2 Å². The third-order valence-electron chi connectivity index (χ3n) is 4.55. The lowest BCUT2D eigenvalue weighted by molar-refractivity contribution is -0.384. The fraction of sp³-hybridized carbons (Fsp3) is 0.400. The van der Waals surface area contributed by atoms with Crippen molar-refractivity contribution in [1.82, 2.24) is 8.65 Å². The number of nitro groups is 1. The topological polar surface area (TPSA) is 113 Å². The monoisotopic (exact) mass is 499 g/mol. The summed E-state index contributed by atoms with van der Waals surface area (Å²) in [5.74, 6) is 0.151. The van der Waals surface area contributed by atoms with Gasteiger partial charge in [-0.15, -0.1) is 0 Å². The Kier molecular flexibility index (Phi) is 8.78. The number of non-ortho nitro benzene ring substituents is 1. The molecule has 0 bridgehead atoms. The average molecular weight is 500 g/mol. The molecule has 0 aliphatic carbocycles. The molecule has 164 valence electrons. The van der Waals surface area contributed by atoms with Crippen LogP contribution in [0.1, 0.15) is 25.8 Å².